The molecule has 1 saturated heterocycles. The van der Waals surface area contributed by atoms with E-state index < -0.39 is 22.0 Å². The van der Waals surface area contributed by atoms with Crippen LogP contribution in [0.25, 0.3) is 0 Å². The SMILES string of the molecule is CC1CN(S(=O)(=O)c2ccccc2)C[C@@H](C(N)=O)N1. The maximum Gasteiger partial charge on any atom is 0.243 e. The fraction of sp³-hybridized carbons (Fsp3) is 0.417. The number of hydrogen-bond acceptors (Lipinski definition) is 4. The van der Waals surface area contributed by atoms with Crippen LogP contribution in [0.15, 0.2) is 35.2 Å². The number of piperazine rings is 1. The number of primary amides is 1. The van der Waals surface area contributed by atoms with Crippen molar-refractivity contribution in [1.29, 1.82) is 0 Å². The van der Waals surface area contributed by atoms with E-state index in [2.05, 4.69) is 5.32 Å². The average molecular weight is 283 g/mol. The Hall–Kier alpha value is -1.44. The highest BCUT2D eigenvalue weighted by Gasteiger charge is 2.34. The third kappa shape index (κ3) is 2.94. The molecule has 1 aliphatic heterocycles. The zero-order valence-electron chi connectivity index (χ0n) is 10.6. The van der Waals surface area contributed by atoms with Gasteiger partial charge in [-0.25, -0.2) is 8.42 Å². The predicted octanol–water partition coefficient (Wildman–Crippen LogP) is -0.477. The van der Waals surface area contributed by atoms with E-state index in [4.69, 9.17) is 5.73 Å². The van der Waals surface area contributed by atoms with Gasteiger partial charge < -0.3 is 11.1 Å². The number of nitrogens with zero attached hydrogens (tertiary/aromatic N) is 1. The Morgan fingerprint density at radius 2 is 1.95 bits per heavy atom. The molecule has 0 radical (unpaired) electrons. The van der Waals surface area contributed by atoms with Gasteiger partial charge in [0.15, 0.2) is 0 Å². The Bertz CT molecular complexity index is 559. The van der Waals surface area contributed by atoms with Crippen molar-refractivity contribution in [1.82, 2.24) is 9.62 Å². The van der Waals surface area contributed by atoms with Crippen molar-refractivity contribution >= 4 is 15.9 Å². The number of hydrogen-bond donors (Lipinski definition) is 2. The van der Waals surface area contributed by atoms with Crippen LogP contribution in [0.1, 0.15) is 6.92 Å². The molecule has 1 aliphatic rings. The van der Waals surface area contributed by atoms with Gasteiger partial charge in [-0.3, -0.25) is 4.79 Å². The summed E-state index contributed by atoms with van der Waals surface area (Å²) in [4.78, 5) is 11.5. The molecule has 1 unspecified atom stereocenters. The van der Waals surface area contributed by atoms with Gasteiger partial charge in [-0.15, -0.1) is 0 Å². The van der Waals surface area contributed by atoms with Crippen molar-refractivity contribution in [3.63, 3.8) is 0 Å². The lowest BCUT2D eigenvalue weighted by atomic mass is 10.1. The maximum atomic E-state index is 12.4. The Labute approximate surface area is 112 Å². The summed E-state index contributed by atoms with van der Waals surface area (Å²) in [6, 6.07) is 7.41. The summed E-state index contributed by atoms with van der Waals surface area (Å²) < 4.78 is 26.2. The van der Waals surface area contributed by atoms with E-state index in [1.165, 1.54) is 4.31 Å². The molecule has 19 heavy (non-hydrogen) atoms. The van der Waals surface area contributed by atoms with Crippen molar-refractivity contribution in [2.45, 2.75) is 23.9 Å². The molecule has 2 atom stereocenters. The highest BCUT2D eigenvalue weighted by Crippen LogP contribution is 2.18. The van der Waals surface area contributed by atoms with E-state index in [0.29, 0.717) is 6.54 Å². The lowest BCUT2D eigenvalue weighted by Gasteiger charge is -2.35. The number of nitrogens with one attached hydrogen (secondary N) is 1. The molecule has 1 amide bonds. The van der Waals surface area contributed by atoms with Crippen LogP contribution in [0.3, 0.4) is 0 Å². The number of sulfonamides is 1. The van der Waals surface area contributed by atoms with Gasteiger partial charge in [-0.2, -0.15) is 4.31 Å². The summed E-state index contributed by atoms with van der Waals surface area (Å²) in [6.45, 7) is 2.21. The van der Waals surface area contributed by atoms with E-state index in [-0.39, 0.29) is 17.5 Å². The van der Waals surface area contributed by atoms with Gasteiger partial charge in [0.2, 0.25) is 15.9 Å². The lowest BCUT2D eigenvalue weighted by Crippen LogP contribution is -2.60. The first kappa shape index (κ1) is 14.0. The smallest absolute Gasteiger partial charge is 0.243 e. The third-order valence-corrected chi connectivity index (χ3v) is 4.92. The average Bonchev–Trinajstić information content (AvgIpc) is 2.39. The monoisotopic (exact) mass is 283 g/mol. The Kier molecular flexibility index (Phi) is 3.88. The molecule has 1 aromatic carbocycles. The minimum absolute atomic E-state index is 0.0664. The van der Waals surface area contributed by atoms with Crippen molar-refractivity contribution in [2.24, 2.45) is 5.73 Å². The van der Waals surface area contributed by atoms with Gasteiger partial charge in [0, 0.05) is 19.1 Å². The minimum Gasteiger partial charge on any atom is -0.368 e. The maximum absolute atomic E-state index is 12.4. The summed E-state index contributed by atoms with van der Waals surface area (Å²) >= 11 is 0. The van der Waals surface area contributed by atoms with Gasteiger partial charge in [-0.05, 0) is 19.1 Å². The minimum atomic E-state index is -3.58. The quantitative estimate of drug-likeness (QED) is 0.784. The molecule has 1 aromatic rings. The highest BCUT2D eigenvalue weighted by molar-refractivity contribution is 7.89. The van der Waals surface area contributed by atoms with Crippen molar-refractivity contribution in [2.75, 3.05) is 13.1 Å². The third-order valence-electron chi connectivity index (χ3n) is 3.07. The summed E-state index contributed by atoms with van der Waals surface area (Å²) in [5.74, 6) is -0.542. The molecule has 0 bridgehead atoms. The second-order valence-electron chi connectivity index (χ2n) is 4.66. The Morgan fingerprint density at radius 1 is 1.32 bits per heavy atom. The summed E-state index contributed by atoms with van der Waals surface area (Å²) in [6.07, 6.45) is 0. The van der Waals surface area contributed by atoms with Crippen LogP contribution in [0, 0.1) is 0 Å². The second kappa shape index (κ2) is 5.28. The summed E-state index contributed by atoms with van der Waals surface area (Å²) in [5.41, 5.74) is 5.25. The number of amides is 1. The number of carbonyl (C=O) groups is 1. The fourth-order valence-electron chi connectivity index (χ4n) is 2.14. The van der Waals surface area contributed by atoms with Crippen molar-refractivity contribution in [3.05, 3.63) is 30.3 Å². The van der Waals surface area contributed by atoms with Gasteiger partial charge in [0.1, 0.15) is 6.04 Å². The topological polar surface area (TPSA) is 92.5 Å². The zero-order valence-corrected chi connectivity index (χ0v) is 11.4. The number of rotatable bonds is 3. The van der Waals surface area contributed by atoms with Gasteiger partial charge >= 0.3 is 0 Å². The van der Waals surface area contributed by atoms with Crippen molar-refractivity contribution < 1.29 is 13.2 Å². The summed E-state index contributed by atoms with van der Waals surface area (Å²) in [7, 11) is -3.58. The molecule has 7 heteroatoms. The Morgan fingerprint density at radius 3 is 2.53 bits per heavy atom. The Balaban J connectivity index is 2.28. The first-order chi connectivity index (χ1) is 8.91. The molecule has 0 saturated carbocycles. The van der Waals surface area contributed by atoms with E-state index in [1.54, 1.807) is 30.3 Å². The number of nitrogens with two attached hydrogens (primary N) is 1. The molecule has 0 aromatic heterocycles. The molecule has 0 aliphatic carbocycles. The van der Waals surface area contributed by atoms with Gasteiger partial charge in [0.05, 0.1) is 4.90 Å². The predicted molar refractivity (Wildman–Crippen MR) is 70.8 cm³/mol. The molecule has 6 nitrogen and oxygen atoms in total. The van der Waals surface area contributed by atoms with Crippen molar-refractivity contribution in [3.8, 4) is 0 Å². The first-order valence-corrected chi connectivity index (χ1v) is 7.46. The standard InChI is InChI=1S/C12H17N3O3S/c1-9-7-15(8-11(14-9)12(13)16)19(17,18)10-5-3-2-4-6-10/h2-6,9,11,14H,7-8H2,1H3,(H2,13,16)/t9?,11-/m0/s1. The van der Waals surface area contributed by atoms with E-state index >= 15 is 0 Å². The summed E-state index contributed by atoms with van der Waals surface area (Å²) in [5, 5.41) is 2.99. The van der Waals surface area contributed by atoms with Crippen LogP contribution in [-0.4, -0.2) is 43.8 Å². The first-order valence-electron chi connectivity index (χ1n) is 6.02. The molecular weight excluding hydrogens is 266 g/mol. The zero-order chi connectivity index (χ0) is 14.0. The molecule has 3 N–H and O–H groups in total. The van der Waals surface area contributed by atoms with E-state index in [1.807, 2.05) is 6.92 Å². The fourth-order valence-corrected chi connectivity index (χ4v) is 3.71. The van der Waals surface area contributed by atoms with Crippen LogP contribution < -0.4 is 11.1 Å². The largest absolute Gasteiger partial charge is 0.368 e. The molecular formula is C12H17N3O3S. The van der Waals surface area contributed by atoms with Gasteiger partial charge in [0.25, 0.3) is 0 Å². The van der Waals surface area contributed by atoms with E-state index in [0.717, 1.165) is 0 Å². The normalized spacial score (nSPS) is 25.1. The van der Waals surface area contributed by atoms with Crippen LogP contribution in [0.4, 0.5) is 0 Å². The van der Waals surface area contributed by atoms with Crippen LogP contribution in [-0.2, 0) is 14.8 Å². The molecule has 1 heterocycles. The molecule has 104 valence electrons. The molecule has 1 fully saturated rings. The van der Waals surface area contributed by atoms with Gasteiger partial charge in [-0.1, -0.05) is 18.2 Å². The lowest BCUT2D eigenvalue weighted by molar-refractivity contribution is -0.120. The number of benzene rings is 1. The van der Waals surface area contributed by atoms with Crippen LogP contribution in [0.5, 0.6) is 0 Å². The molecule has 0 spiro atoms. The van der Waals surface area contributed by atoms with E-state index in [9.17, 15) is 13.2 Å². The van der Waals surface area contributed by atoms with Crippen LogP contribution in [0.2, 0.25) is 0 Å². The number of carbonyl (C=O) groups excluding carboxylic acids is 1. The van der Waals surface area contributed by atoms with Crippen LogP contribution >= 0.6 is 0 Å². The second-order valence-corrected chi connectivity index (χ2v) is 6.60. The molecule has 2 rings (SSSR count). The highest BCUT2D eigenvalue weighted by atomic mass is 32.2.